The van der Waals surface area contributed by atoms with Crippen molar-refractivity contribution in [2.75, 3.05) is 0 Å². The molecule has 1 aliphatic rings. The van der Waals surface area contributed by atoms with Crippen molar-refractivity contribution in [3.8, 4) is 5.75 Å². The largest absolute Gasteiger partial charge is 0.508 e. The summed E-state index contributed by atoms with van der Waals surface area (Å²) < 4.78 is 0. The molecule has 1 heteroatoms. The van der Waals surface area contributed by atoms with Gasteiger partial charge in [0.25, 0.3) is 0 Å². The summed E-state index contributed by atoms with van der Waals surface area (Å²) in [6.07, 6.45) is 2.71. The molecule has 0 aromatic heterocycles. The molecule has 82 valence electrons. The van der Waals surface area contributed by atoms with E-state index >= 15 is 0 Å². The standard InChI is InChI=1S/C14H20O/c1-9(2)12-6-13(8-14(15)7-12)10(3)11-4-5-11/h6-11,15H,4-5H2,1-3H3/t10-/m1/s1. The van der Waals surface area contributed by atoms with Crippen molar-refractivity contribution in [1.29, 1.82) is 0 Å². The molecule has 0 bridgehead atoms. The number of phenols is 1. The lowest BCUT2D eigenvalue weighted by Crippen LogP contribution is -1.98. The summed E-state index contributed by atoms with van der Waals surface area (Å²) in [7, 11) is 0. The minimum atomic E-state index is 0.420. The maximum absolute atomic E-state index is 9.69. The highest BCUT2D eigenvalue weighted by Crippen LogP contribution is 2.43. The molecule has 1 fully saturated rings. The minimum absolute atomic E-state index is 0.420. The fourth-order valence-corrected chi connectivity index (χ4v) is 2.12. The van der Waals surface area contributed by atoms with E-state index in [-0.39, 0.29) is 0 Å². The van der Waals surface area contributed by atoms with E-state index in [0.29, 0.717) is 17.6 Å². The molecule has 0 spiro atoms. The quantitative estimate of drug-likeness (QED) is 0.788. The first-order chi connectivity index (χ1) is 7.08. The minimum Gasteiger partial charge on any atom is -0.508 e. The summed E-state index contributed by atoms with van der Waals surface area (Å²) in [6.45, 7) is 6.61. The highest BCUT2D eigenvalue weighted by molar-refractivity contribution is 5.37. The molecule has 0 aliphatic heterocycles. The van der Waals surface area contributed by atoms with Crippen LogP contribution in [0.25, 0.3) is 0 Å². The summed E-state index contributed by atoms with van der Waals surface area (Å²) in [4.78, 5) is 0. The van der Waals surface area contributed by atoms with Crippen LogP contribution in [-0.4, -0.2) is 5.11 Å². The Balaban J connectivity index is 2.29. The summed E-state index contributed by atoms with van der Waals surface area (Å²) in [5.74, 6) is 2.37. The number of hydrogen-bond acceptors (Lipinski definition) is 1. The van der Waals surface area contributed by atoms with Gasteiger partial charge >= 0.3 is 0 Å². The third-order valence-electron chi connectivity index (χ3n) is 3.48. The molecule has 0 radical (unpaired) electrons. The van der Waals surface area contributed by atoms with Crippen molar-refractivity contribution in [3.05, 3.63) is 29.3 Å². The van der Waals surface area contributed by atoms with Gasteiger partial charge in [0.1, 0.15) is 5.75 Å². The zero-order valence-electron chi connectivity index (χ0n) is 9.83. The van der Waals surface area contributed by atoms with Crippen LogP contribution >= 0.6 is 0 Å². The topological polar surface area (TPSA) is 20.2 Å². The third-order valence-corrected chi connectivity index (χ3v) is 3.48. The Bertz CT molecular complexity index is 350. The number of aromatic hydroxyl groups is 1. The first-order valence-corrected chi connectivity index (χ1v) is 5.91. The lowest BCUT2D eigenvalue weighted by molar-refractivity contribution is 0.472. The molecule has 1 aromatic rings. The van der Waals surface area contributed by atoms with Crippen molar-refractivity contribution in [1.82, 2.24) is 0 Å². The SMILES string of the molecule is CC(C)c1cc(O)cc([C@H](C)C2CC2)c1. The maximum Gasteiger partial charge on any atom is 0.116 e. The third kappa shape index (κ3) is 2.34. The van der Waals surface area contributed by atoms with Crippen LogP contribution in [0.15, 0.2) is 18.2 Å². The predicted molar refractivity (Wildman–Crippen MR) is 63.3 cm³/mol. The Labute approximate surface area is 92.1 Å². The van der Waals surface area contributed by atoms with Crippen LogP contribution in [0.5, 0.6) is 5.75 Å². The van der Waals surface area contributed by atoms with Crippen molar-refractivity contribution < 1.29 is 5.11 Å². The van der Waals surface area contributed by atoms with Crippen LogP contribution in [0.1, 0.15) is 56.6 Å². The Morgan fingerprint density at radius 2 is 1.67 bits per heavy atom. The van der Waals surface area contributed by atoms with Gasteiger partial charge in [-0.25, -0.2) is 0 Å². The number of hydrogen-bond donors (Lipinski definition) is 1. The number of phenolic OH excluding ortho intramolecular Hbond substituents is 1. The van der Waals surface area contributed by atoms with Crippen LogP contribution < -0.4 is 0 Å². The van der Waals surface area contributed by atoms with E-state index in [1.165, 1.54) is 24.0 Å². The van der Waals surface area contributed by atoms with Crippen LogP contribution in [0.3, 0.4) is 0 Å². The van der Waals surface area contributed by atoms with Crippen LogP contribution in [-0.2, 0) is 0 Å². The van der Waals surface area contributed by atoms with Gasteiger partial charge in [0.2, 0.25) is 0 Å². The lowest BCUT2D eigenvalue weighted by Gasteiger charge is -2.14. The molecule has 0 amide bonds. The van der Waals surface area contributed by atoms with Gasteiger partial charge in [-0.05, 0) is 53.9 Å². The second kappa shape index (κ2) is 3.88. The van der Waals surface area contributed by atoms with Gasteiger partial charge in [0.05, 0.1) is 0 Å². The second-order valence-corrected chi connectivity index (χ2v) is 5.14. The van der Waals surface area contributed by atoms with E-state index in [1.54, 1.807) is 0 Å². The number of rotatable bonds is 3. The van der Waals surface area contributed by atoms with Crippen LogP contribution in [0.4, 0.5) is 0 Å². The first-order valence-electron chi connectivity index (χ1n) is 5.91. The maximum atomic E-state index is 9.69. The Kier molecular flexibility index (Phi) is 2.72. The zero-order chi connectivity index (χ0) is 11.0. The van der Waals surface area contributed by atoms with E-state index in [4.69, 9.17) is 0 Å². The summed E-state index contributed by atoms with van der Waals surface area (Å²) in [5, 5.41) is 9.69. The van der Waals surface area contributed by atoms with Crippen molar-refractivity contribution >= 4 is 0 Å². The molecule has 0 saturated heterocycles. The first kappa shape index (κ1) is 10.5. The molecule has 1 saturated carbocycles. The average Bonchev–Trinajstić information content (AvgIpc) is 2.98. The van der Waals surface area contributed by atoms with Gasteiger partial charge < -0.3 is 5.11 Å². The van der Waals surface area contributed by atoms with E-state index in [1.807, 2.05) is 12.1 Å². The smallest absolute Gasteiger partial charge is 0.116 e. The van der Waals surface area contributed by atoms with Crippen molar-refractivity contribution in [2.24, 2.45) is 5.92 Å². The molecule has 0 unspecified atom stereocenters. The van der Waals surface area contributed by atoms with Gasteiger partial charge in [-0.15, -0.1) is 0 Å². The molecular formula is C14H20O. The normalized spacial score (nSPS) is 18.1. The summed E-state index contributed by atoms with van der Waals surface area (Å²) in [6, 6.07) is 6.07. The highest BCUT2D eigenvalue weighted by atomic mass is 16.3. The lowest BCUT2D eigenvalue weighted by atomic mass is 9.92. The molecule has 0 heterocycles. The van der Waals surface area contributed by atoms with Gasteiger partial charge in [0.15, 0.2) is 0 Å². The van der Waals surface area contributed by atoms with Gasteiger partial charge in [-0.3, -0.25) is 0 Å². The van der Waals surface area contributed by atoms with Crippen molar-refractivity contribution in [3.63, 3.8) is 0 Å². The van der Waals surface area contributed by atoms with Crippen LogP contribution in [0.2, 0.25) is 0 Å². The number of benzene rings is 1. The van der Waals surface area contributed by atoms with Gasteiger partial charge in [0, 0.05) is 0 Å². The van der Waals surface area contributed by atoms with E-state index in [0.717, 1.165) is 5.92 Å². The fraction of sp³-hybridized carbons (Fsp3) is 0.571. The second-order valence-electron chi connectivity index (χ2n) is 5.14. The molecule has 1 aliphatic carbocycles. The van der Waals surface area contributed by atoms with Crippen molar-refractivity contribution in [2.45, 2.75) is 45.4 Å². The van der Waals surface area contributed by atoms with E-state index < -0.39 is 0 Å². The molecule has 2 rings (SSSR count). The predicted octanol–water partition coefficient (Wildman–Crippen LogP) is 4.03. The Hall–Kier alpha value is -0.980. The summed E-state index contributed by atoms with van der Waals surface area (Å²) in [5.41, 5.74) is 2.55. The zero-order valence-corrected chi connectivity index (χ0v) is 9.83. The molecular weight excluding hydrogens is 184 g/mol. The van der Waals surface area contributed by atoms with E-state index in [9.17, 15) is 5.11 Å². The molecule has 1 atom stereocenters. The summed E-state index contributed by atoms with van der Waals surface area (Å²) >= 11 is 0. The monoisotopic (exact) mass is 204 g/mol. The van der Waals surface area contributed by atoms with Gasteiger partial charge in [-0.2, -0.15) is 0 Å². The fourth-order valence-electron chi connectivity index (χ4n) is 2.12. The molecule has 1 aromatic carbocycles. The molecule has 15 heavy (non-hydrogen) atoms. The average molecular weight is 204 g/mol. The Morgan fingerprint density at radius 3 is 2.20 bits per heavy atom. The molecule has 1 N–H and O–H groups in total. The van der Waals surface area contributed by atoms with E-state index in [2.05, 4.69) is 26.8 Å². The van der Waals surface area contributed by atoms with Gasteiger partial charge in [-0.1, -0.05) is 26.8 Å². The molecule has 1 nitrogen and oxygen atoms in total. The highest BCUT2D eigenvalue weighted by Gasteiger charge is 2.29. The van der Waals surface area contributed by atoms with Crippen LogP contribution in [0, 0.1) is 5.92 Å². The Morgan fingerprint density at radius 1 is 1.07 bits per heavy atom.